The van der Waals surface area contributed by atoms with Crippen LogP contribution in [0.3, 0.4) is 0 Å². The average molecular weight is 245 g/mol. The third-order valence-electron chi connectivity index (χ3n) is 1.83. The third-order valence-corrected chi connectivity index (χ3v) is 2.17. The molecule has 0 aromatic carbocycles. The molecule has 0 fully saturated rings. The Morgan fingerprint density at radius 1 is 1.43 bits per heavy atom. The van der Waals surface area contributed by atoms with Crippen LogP contribution in [-0.2, 0) is 4.79 Å². The number of hydrogen-bond donors (Lipinski definition) is 2. The molecular weight excluding hydrogens is 231 g/mol. The van der Waals surface area contributed by atoms with E-state index in [4.69, 9.17) is 34.0 Å². The molecule has 7 heteroatoms. The standard InChI is InChI=1S/C7H14Cl2N2O3/c8-1-3-11(14,4-2-9)5-6(10)7(12)13/h6H,1-5,10H2,(H,12,13). The van der Waals surface area contributed by atoms with Crippen LogP contribution in [0.1, 0.15) is 0 Å². The summed E-state index contributed by atoms with van der Waals surface area (Å²) in [5, 5.41) is 20.4. The number of nitrogens with two attached hydrogens (primary N) is 1. The fourth-order valence-corrected chi connectivity index (χ4v) is 1.66. The van der Waals surface area contributed by atoms with Crippen LogP contribution in [0.5, 0.6) is 0 Å². The minimum atomic E-state index is -1.19. The van der Waals surface area contributed by atoms with Crippen LogP contribution in [0.2, 0.25) is 0 Å². The summed E-state index contributed by atoms with van der Waals surface area (Å²) in [7, 11) is 0. The van der Waals surface area contributed by atoms with Gasteiger partial charge < -0.3 is 20.7 Å². The zero-order chi connectivity index (χ0) is 11.2. The fourth-order valence-electron chi connectivity index (χ4n) is 1.04. The number of alkyl halides is 2. The molecule has 0 rings (SSSR count). The lowest BCUT2D eigenvalue weighted by molar-refractivity contribution is -0.876. The largest absolute Gasteiger partial charge is 0.633 e. The van der Waals surface area contributed by atoms with Crippen LogP contribution >= 0.6 is 23.2 Å². The van der Waals surface area contributed by atoms with Crippen LogP contribution in [-0.4, -0.2) is 53.2 Å². The molecule has 1 unspecified atom stereocenters. The molecule has 3 N–H and O–H groups in total. The molecule has 1 atom stereocenters. The number of hydroxylamine groups is 3. The zero-order valence-electron chi connectivity index (χ0n) is 7.66. The van der Waals surface area contributed by atoms with Gasteiger partial charge in [-0.2, -0.15) is 0 Å². The number of aliphatic carboxylic acids is 1. The first kappa shape index (κ1) is 13.9. The van der Waals surface area contributed by atoms with Gasteiger partial charge in [-0.05, 0) is 0 Å². The Morgan fingerprint density at radius 2 is 1.86 bits per heavy atom. The van der Waals surface area contributed by atoms with Crippen molar-refractivity contribution in [3.8, 4) is 0 Å². The lowest BCUT2D eigenvalue weighted by Gasteiger charge is -2.42. The molecule has 0 bridgehead atoms. The lowest BCUT2D eigenvalue weighted by atomic mass is 10.3. The van der Waals surface area contributed by atoms with Crippen LogP contribution in [0, 0.1) is 5.21 Å². The first-order valence-electron chi connectivity index (χ1n) is 4.12. The van der Waals surface area contributed by atoms with E-state index in [1.807, 2.05) is 0 Å². The van der Waals surface area contributed by atoms with Gasteiger partial charge in [0.15, 0.2) is 6.04 Å². The summed E-state index contributed by atoms with van der Waals surface area (Å²) in [6.07, 6.45) is 0. The van der Waals surface area contributed by atoms with Crippen LogP contribution in [0.4, 0.5) is 0 Å². The SMILES string of the molecule is NC(C[N+]([O-])(CCCl)CCCl)C(=O)O. The Bertz CT molecular complexity index is 186. The van der Waals surface area contributed by atoms with Crippen molar-refractivity contribution in [3.63, 3.8) is 0 Å². The summed E-state index contributed by atoms with van der Waals surface area (Å²) >= 11 is 10.9. The first-order chi connectivity index (χ1) is 6.45. The molecule has 0 aromatic heterocycles. The molecule has 0 amide bonds. The average Bonchev–Trinajstić information content (AvgIpc) is 2.04. The molecule has 0 radical (unpaired) electrons. The van der Waals surface area contributed by atoms with E-state index in [2.05, 4.69) is 0 Å². The second kappa shape index (κ2) is 6.42. The van der Waals surface area contributed by atoms with Gasteiger partial charge in [0.25, 0.3) is 0 Å². The highest BCUT2D eigenvalue weighted by molar-refractivity contribution is 6.18. The van der Waals surface area contributed by atoms with Gasteiger partial charge in [0.05, 0.1) is 24.8 Å². The normalized spacial score (nSPS) is 14.0. The molecule has 0 saturated carbocycles. The predicted octanol–water partition coefficient (Wildman–Crippen LogP) is 0.190. The van der Waals surface area contributed by atoms with E-state index in [1.165, 1.54) is 0 Å². The maximum Gasteiger partial charge on any atom is 0.326 e. The van der Waals surface area contributed by atoms with Gasteiger partial charge in [0.1, 0.15) is 6.54 Å². The number of halogens is 2. The highest BCUT2D eigenvalue weighted by Crippen LogP contribution is 2.07. The maximum atomic E-state index is 11.8. The van der Waals surface area contributed by atoms with Gasteiger partial charge in [-0.3, -0.25) is 4.79 Å². The molecule has 0 aliphatic heterocycles. The van der Waals surface area contributed by atoms with E-state index in [-0.39, 0.29) is 31.4 Å². The van der Waals surface area contributed by atoms with Crippen molar-refractivity contribution < 1.29 is 14.5 Å². The van der Waals surface area contributed by atoms with E-state index < -0.39 is 16.7 Å². The minimum Gasteiger partial charge on any atom is -0.633 e. The molecule has 0 heterocycles. The van der Waals surface area contributed by atoms with Gasteiger partial charge >= 0.3 is 5.97 Å². The quantitative estimate of drug-likeness (QED) is 0.381. The Hall–Kier alpha value is -0.0700. The number of carbonyl (C=O) groups is 1. The molecule has 0 aliphatic carbocycles. The Labute approximate surface area is 92.5 Å². The van der Waals surface area contributed by atoms with Crippen molar-refractivity contribution in [2.24, 2.45) is 5.73 Å². The Kier molecular flexibility index (Phi) is 6.39. The van der Waals surface area contributed by atoms with Crippen molar-refractivity contribution in [2.45, 2.75) is 6.04 Å². The van der Waals surface area contributed by atoms with E-state index >= 15 is 0 Å². The van der Waals surface area contributed by atoms with Gasteiger partial charge in [-0.15, -0.1) is 23.2 Å². The third kappa shape index (κ3) is 4.97. The first-order valence-corrected chi connectivity index (χ1v) is 5.19. The maximum absolute atomic E-state index is 11.8. The highest BCUT2D eigenvalue weighted by atomic mass is 35.5. The second-order valence-electron chi connectivity index (χ2n) is 3.01. The Balaban J connectivity index is 4.27. The van der Waals surface area contributed by atoms with Crippen molar-refractivity contribution in [3.05, 3.63) is 5.21 Å². The van der Waals surface area contributed by atoms with Crippen LogP contribution in [0.15, 0.2) is 0 Å². The van der Waals surface area contributed by atoms with E-state index in [1.54, 1.807) is 0 Å². The highest BCUT2D eigenvalue weighted by Gasteiger charge is 2.24. The molecular formula is C7H14Cl2N2O3. The summed E-state index contributed by atoms with van der Waals surface area (Å²) in [6.45, 7) is 0.0410. The topological polar surface area (TPSA) is 86.4 Å². The number of nitrogens with zero attached hydrogens (tertiary/aromatic N) is 1. The van der Waals surface area contributed by atoms with E-state index in [0.717, 1.165) is 0 Å². The molecule has 0 spiro atoms. The molecule has 5 nitrogen and oxygen atoms in total. The summed E-state index contributed by atoms with van der Waals surface area (Å²) < 4.78 is -0.750. The monoisotopic (exact) mass is 244 g/mol. The molecule has 0 aliphatic rings. The fraction of sp³-hybridized carbons (Fsp3) is 0.857. The lowest BCUT2D eigenvalue weighted by Crippen LogP contribution is -2.54. The Morgan fingerprint density at radius 3 is 2.14 bits per heavy atom. The molecule has 0 saturated heterocycles. The van der Waals surface area contributed by atoms with Crippen LogP contribution in [0.25, 0.3) is 0 Å². The minimum absolute atomic E-state index is 0.120. The second-order valence-corrected chi connectivity index (χ2v) is 3.77. The van der Waals surface area contributed by atoms with E-state index in [9.17, 15) is 10.0 Å². The van der Waals surface area contributed by atoms with Gasteiger partial charge in [-0.1, -0.05) is 0 Å². The predicted molar refractivity (Wildman–Crippen MR) is 55.3 cm³/mol. The van der Waals surface area contributed by atoms with Crippen LogP contribution < -0.4 is 5.73 Å². The molecule has 0 aromatic rings. The van der Waals surface area contributed by atoms with Crippen molar-refractivity contribution in [2.75, 3.05) is 31.4 Å². The molecule has 84 valence electrons. The van der Waals surface area contributed by atoms with E-state index in [0.29, 0.717) is 0 Å². The number of carboxylic acids is 1. The van der Waals surface area contributed by atoms with Gasteiger partial charge in [0.2, 0.25) is 0 Å². The van der Waals surface area contributed by atoms with Crippen molar-refractivity contribution >= 4 is 29.2 Å². The van der Waals surface area contributed by atoms with Crippen molar-refractivity contribution in [1.82, 2.24) is 0 Å². The van der Waals surface area contributed by atoms with Crippen molar-refractivity contribution in [1.29, 1.82) is 0 Å². The number of carboxylic acid groups (broad SMARTS) is 1. The smallest absolute Gasteiger partial charge is 0.326 e. The summed E-state index contributed by atoms with van der Waals surface area (Å²) in [5.41, 5.74) is 5.26. The zero-order valence-corrected chi connectivity index (χ0v) is 9.17. The number of hydrogen-bond acceptors (Lipinski definition) is 3. The summed E-state index contributed by atoms with van der Waals surface area (Å²) in [4.78, 5) is 10.4. The number of rotatable bonds is 7. The number of quaternary nitrogens is 1. The van der Waals surface area contributed by atoms with Gasteiger partial charge in [-0.25, -0.2) is 0 Å². The summed E-state index contributed by atoms with van der Waals surface area (Å²) in [5.74, 6) is -0.869. The molecule has 14 heavy (non-hydrogen) atoms. The van der Waals surface area contributed by atoms with Gasteiger partial charge in [0, 0.05) is 0 Å². The summed E-state index contributed by atoms with van der Waals surface area (Å²) in [6, 6.07) is -1.17.